The molecule has 0 radical (unpaired) electrons. The van der Waals surface area contributed by atoms with Gasteiger partial charge in [0.25, 0.3) is 0 Å². The van der Waals surface area contributed by atoms with Gasteiger partial charge in [-0.2, -0.15) is 0 Å². The van der Waals surface area contributed by atoms with E-state index < -0.39 is 0 Å². The van der Waals surface area contributed by atoms with Crippen molar-refractivity contribution in [3.63, 3.8) is 0 Å². The lowest BCUT2D eigenvalue weighted by Gasteiger charge is -2.09. The van der Waals surface area contributed by atoms with Crippen LogP contribution < -0.4 is 11.1 Å². The van der Waals surface area contributed by atoms with Gasteiger partial charge in [0, 0.05) is 24.5 Å². The van der Waals surface area contributed by atoms with Crippen molar-refractivity contribution in [3.8, 4) is 11.3 Å². The van der Waals surface area contributed by atoms with Crippen molar-refractivity contribution < 1.29 is 0 Å². The van der Waals surface area contributed by atoms with Crippen molar-refractivity contribution in [1.29, 1.82) is 0 Å². The molecule has 2 heterocycles. The van der Waals surface area contributed by atoms with E-state index in [1.807, 2.05) is 42.5 Å². The first-order valence-electron chi connectivity index (χ1n) is 6.63. The number of benzene rings is 1. The number of nitrogens with two attached hydrogens (primary N) is 1. The summed E-state index contributed by atoms with van der Waals surface area (Å²) in [5.41, 5.74) is 8.69. The van der Waals surface area contributed by atoms with Crippen LogP contribution in [0.3, 0.4) is 0 Å². The van der Waals surface area contributed by atoms with Crippen molar-refractivity contribution in [2.24, 2.45) is 0 Å². The second kappa shape index (κ2) is 6.00. The molecule has 3 N–H and O–H groups in total. The van der Waals surface area contributed by atoms with E-state index in [4.69, 9.17) is 5.73 Å². The van der Waals surface area contributed by atoms with Crippen molar-refractivity contribution >= 4 is 11.6 Å². The van der Waals surface area contributed by atoms with Crippen molar-refractivity contribution in [3.05, 3.63) is 66.6 Å². The fourth-order valence-electron chi connectivity index (χ4n) is 1.96. The Hall–Kier alpha value is -2.95. The van der Waals surface area contributed by atoms with E-state index in [0.717, 1.165) is 16.8 Å². The van der Waals surface area contributed by atoms with Crippen LogP contribution in [0.5, 0.6) is 0 Å². The van der Waals surface area contributed by atoms with Crippen LogP contribution in [-0.4, -0.2) is 15.0 Å². The average Bonchev–Trinajstić information content (AvgIpc) is 2.56. The van der Waals surface area contributed by atoms with E-state index in [1.54, 1.807) is 18.6 Å². The van der Waals surface area contributed by atoms with Gasteiger partial charge in [0.1, 0.15) is 0 Å². The second-order valence-electron chi connectivity index (χ2n) is 4.57. The van der Waals surface area contributed by atoms with E-state index >= 15 is 0 Å². The molecule has 5 heteroatoms. The van der Waals surface area contributed by atoms with Gasteiger partial charge in [-0.25, -0.2) is 9.97 Å². The Bertz CT molecular complexity index is 713. The highest BCUT2D eigenvalue weighted by Gasteiger charge is 2.06. The van der Waals surface area contributed by atoms with Gasteiger partial charge in [-0.3, -0.25) is 4.98 Å². The van der Waals surface area contributed by atoms with Crippen LogP contribution in [0.4, 0.5) is 11.6 Å². The maximum atomic E-state index is 5.88. The summed E-state index contributed by atoms with van der Waals surface area (Å²) in [7, 11) is 0. The smallest absolute Gasteiger partial charge is 0.169 e. The quantitative estimate of drug-likeness (QED) is 0.766. The molecule has 0 aliphatic heterocycles. The maximum absolute atomic E-state index is 5.88. The highest BCUT2D eigenvalue weighted by atomic mass is 15.1. The molecule has 0 atom stereocenters. The molecule has 21 heavy (non-hydrogen) atoms. The van der Waals surface area contributed by atoms with Gasteiger partial charge in [-0.1, -0.05) is 30.3 Å². The minimum absolute atomic E-state index is 0.388. The fourth-order valence-corrected chi connectivity index (χ4v) is 1.96. The molecule has 0 spiro atoms. The number of pyridine rings is 1. The first-order valence-corrected chi connectivity index (χ1v) is 6.63. The van der Waals surface area contributed by atoms with Gasteiger partial charge in [0.05, 0.1) is 11.9 Å². The molecule has 0 unspecified atom stereocenters. The van der Waals surface area contributed by atoms with Crippen molar-refractivity contribution in [1.82, 2.24) is 15.0 Å². The molecular formula is C16H15N5. The number of aromatic nitrogens is 3. The molecule has 3 aromatic rings. The molecule has 0 saturated carbocycles. The fraction of sp³-hybridized carbons (Fsp3) is 0.0625. The molecule has 0 saturated heterocycles. The van der Waals surface area contributed by atoms with Gasteiger partial charge in [0.2, 0.25) is 0 Å². The lowest BCUT2D eigenvalue weighted by atomic mass is 10.2. The molecule has 0 aliphatic rings. The van der Waals surface area contributed by atoms with Gasteiger partial charge in [-0.15, -0.1) is 0 Å². The zero-order valence-corrected chi connectivity index (χ0v) is 11.4. The van der Waals surface area contributed by atoms with Crippen LogP contribution >= 0.6 is 0 Å². The van der Waals surface area contributed by atoms with Crippen LogP contribution in [0, 0.1) is 0 Å². The topological polar surface area (TPSA) is 76.7 Å². The summed E-state index contributed by atoms with van der Waals surface area (Å²) in [6.07, 6.45) is 5.13. The zero-order valence-electron chi connectivity index (χ0n) is 11.4. The molecule has 1 aromatic carbocycles. The zero-order chi connectivity index (χ0) is 14.5. The predicted octanol–water partition coefficient (Wildman–Crippen LogP) is 2.73. The summed E-state index contributed by atoms with van der Waals surface area (Å²) in [5.74, 6) is 0.971. The van der Waals surface area contributed by atoms with Crippen LogP contribution in [0.25, 0.3) is 11.3 Å². The highest BCUT2D eigenvalue weighted by molar-refractivity contribution is 5.64. The SMILES string of the molecule is Nc1ncc(-c2cccnc2)nc1NCc1ccccc1. The minimum Gasteiger partial charge on any atom is -0.381 e. The van der Waals surface area contributed by atoms with Crippen molar-refractivity contribution in [2.45, 2.75) is 6.54 Å². The molecule has 0 bridgehead atoms. The Kier molecular flexibility index (Phi) is 3.73. The summed E-state index contributed by atoms with van der Waals surface area (Å²) in [4.78, 5) is 12.8. The molecule has 3 rings (SSSR count). The van der Waals surface area contributed by atoms with E-state index in [1.165, 1.54) is 0 Å². The lowest BCUT2D eigenvalue weighted by molar-refractivity contribution is 1.09. The van der Waals surface area contributed by atoms with Gasteiger partial charge >= 0.3 is 0 Å². The second-order valence-corrected chi connectivity index (χ2v) is 4.57. The Morgan fingerprint density at radius 2 is 1.86 bits per heavy atom. The summed E-state index contributed by atoms with van der Waals surface area (Å²) in [5, 5.41) is 3.22. The summed E-state index contributed by atoms with van der Waals surface area (Å²) < 4.78 is 0. The monoisotopic (exact) mass is 277 g/mol. The molecule has 104 valence electrons. The first-order chi connectivity index (χ1) is 10.3. The molecule has 0 amide bonds. The van der Waals surface area contributed by atoms with E-state index in [-0.39, 0.29) is 0 Å². The number of nitrogens with one attached hydrogen (secondary N) is 1. The molecule has 0 fully saturated rings. The van der Waals surface area contributed by atoms with Gasteiger partial charge < -0.3 is 11.1 Å². The number of anilines is 2. The molecule has 2 aromatic heterocycles. The Morgan fingerprint density at radius 3 is 2.62 bits per heavy atom. The van der Waals surface area contributed by atoms with Gasteiger partial charge in [-0.05, 0) is 17.7 Å². The Labute approximate surface area is 122 Å². The first kappa shape index (κ1) is 13.1. The molecular weight excluding hydrogens is 262 g/mol. The normalized spacial score (nSPS) is 10.3. The Balaban J connectivity index is 1.82. The minimum atomic E-state index is 0.388. The number of nitrogen functional groups attached to an aromatic ring is 1. The van der Waals surface area contributed by atoms with Gasteiger partial charge in [0.15, 0.2) is 11.6 Å². The third-order valence-electron chi connectivity index (χ3n) is 3.06. The third-order valence-corrected chi connectivity index (χ3v) is 3.06. The van der Waals surface area contributed by atoms with Crippen molar-refractivity contribution in [2.75, 3.05) is 11.1 Å². The van der Waals surface area contributed by atoms with Crippen LogP contribution in [-0.2, 0) is 6.54 Å². The molecule has 5 nitrogen and oxygen atoms in total. The number of hydrogen-bond acceptors (Lipinski definition) is 5. The van der Waals surface area contributed by atoms with Crippen LogP contribution in [0.15, 0.2) is 61.1 Å². The number of rotatable bonds is 4. The standard InChI is InChI=1S/C16H15N5/c17-15-16(20-9-12-5-2-1-3-6-12)21-14(11-19-15)13-7-4-8-18-10-13/h1-8,10-11H,9H2,(H2,17,19)(H,20,21). The number of nitrogens with zero attached hydrogens (tertiary/aromatic N) is 3. The lowest BCUT2D eigenvalue weighted by Crippen LogP contribution is -2.06. The Morgan fingerprint density at radius 1 is 1.00 bits per heavy atom. The maximum Gasteiger partial charge on any atom is 0.169 e. The van der Waals surface area contributed by atoms with E-state index in [9.17, 15) is 0 Å². The molecule has 0 aliphatic carbocycles. The van der Waals surface area contributed by atoms with E-state index in [2.05, 4.69) is 20.3 Å². The predicted molar refractivity (Wildman–Crippen MR) is 83.4 cm³/mol. The summed E-state index contributed by atoms with van der Waals surface area (Å²) in [6.45, 7) is 0.649. The average molecular weight is 277 g/mol. The highest BCUT2D eigenvalue weighted by Crippen LogP contribution is 2.20. The summed E-state index contributed by atoms with van der Waals surface area (Å²) in [6, 6.07) is 13.9. The van der Waals surface area contributed by atoms with Crippen LogP contribution in [0.1, 0.15) is 5.56 Å². The van der Waals surface area contributed by atoms with Crippen LogP contribution in [0.2, 0.25) is 0 Å². The van der Waals surface area contributed by atoms with E-state index in [0.29, 0.717) is 18.2 Å². The number of hydrogen-bond donors (Lipinski definition) is 2. The summed E-state index contributed by atoms with van der Waals surface area (Å²) >= 11 is 0. The third kappa shape index (κ3) is 3.14. The largest absolute Gasteiger partial charge is 0.381 e.